The molecule has 0 spiro atoms. The van der Waals surface area contributed by atoms with Crippen LogP contribution in [0.1, 0.15) is 45.4 Å². The number of sulfone groups is 1. The first-order valence-corrected chi connectivity index (χ1v) is 11.2. The van der Waals surface area contributed by atoms with Gasteiger partial charge in [0.1, 0.15) is 9.84 Å². The fourth-order valence-electron chi connectivity index (χ4n) is 3.01. The highest BCUT2D eigenvalue weighted by molar-refractivity contribution is 7.93. The molecule has 0 unspecified atom stereocenters. The molecule has 0 heterocycles. The third kappa shape index (κ3) is 5.19. The average molecular weight is 341 g/mol. The molecule has 0 saturated heterocycles. The van der Waals surface area contributed by atoms with Gasteiger partial charge in [-0.15, -0.1) is 0 Å². The van der Waals surface area contributed by atoms with Gasteiger partial charge in [0.05, 0.1) is 11.5 Å². The smallest absolute Gasteiger partial charge is 0.215 e. The Bertz CT molecular complexity index is 522. The van der Waals surface area contributed by atoms with Crippen LogP contribution in [0.15, 0.2) is 0 Å². The van der Waals surface area contributed by atoms with E-state index in [9.17, 15) is 16.8 Å². The Kier molecular flexibility index (Phi) is 6.64. The van der Waals surface area contributed by atoms with E-state index in [0.29, 0.717) is 19.5 Å². The summed E-state index contributed by atoms with van der Waals surface area (Å²) in [5.74, 6) is -0.691. The molecule has 1 fully saturated rings. The summed E-state index contributed by atoms with van der Waals surface area (Å²) >= 11 is 0. The zero-order valence-electron chi connectivity index (χ0n) is 13.0. The Labute approximate surface area is 129 Å². The molecular formula is C13H28N2O4S2. The predicted octanol–water partition coefficient (Wildman–Crippen LogP) is 0.734. The molecule has 1 saturated carbocycles. The molecule has 2 N–H and O–H groups in total. The van der Waals surface area contributed by atoms with Crippen LogP contribution in [-0.2, 0) is 19.9 Å². The fourth-order valence-corrected chi connectivity index (χ4v) is 6.59. The first-order chi connectivity index (χ1) is 9.67. The van der Waals surface area contributed by atoms with Crippen molar-refractivity contribution in [3.05, 3.63) is 0 Å². The molecule has 8 heteroatoms. The SMILES string of the molecule is CCCN(C1(CN)CCCCC1)S(=O)(=O)CCS(C)(=O)=O. The lowest BCUT2D eigenvalue weighted by Gasteiger charge is -2.45. The highest BCUT2D eigenvalue weighted by Crippen LogP contribution is 2.35. The van der Waals surface area contributed by atoms with Crippen LogP contribution in [0.3, 0.4) is 0 Å². The zero-order valence-corrected chi connectivity index (χ0v) is 14.7. The monoisotopic (exact) mass is 340 g/mol. The van der Waals surface area contributed by atoms with Crippen molar-refractivity contribution in [3.8, 4) is 0 Å². The Balaban J connectivity index is 3.03. The van der Waals surface area contributed by atoms with Gasteiger partial charge in [0.25, 0.3) is 0 Å². The van der Waals surface area contributed by atoms with Crippen LogP contribution in [0.25, 0.3) is 0 Å². The van der Waals surface area contributed by atoms with Crippen molar-refractivity contribution >= 4 is 19.9 Å². The van der Waals surface area contributed by atoms with Gasteiger partial charge >= 0.3 is 0 Å². The number of hydrogen-bond acceptors (Lipinski definition) is 5. The number of hydrogen-bond donors (Lipinski definition) is 1. The summed E-state index contributed by atoms with van der Waals surface area (Å²) in [5, 5.41) is 0. The molecule has 1 aliphatic carbocycles. The predicted molar refractivity (Wildman–Crippen MR) is 85.4 cm³/mol. The van der Waals surface area contributed by atoms with E-state index in [0.717, 1.165) is 38.4 Å². The van der Waals surface area contributed by atoms with Gasteiger partial charge in [0, 0.05) is 24.9 Å². The summed E-state index contributed by atoms with van der Waals surface area (Å²) in [6.07, 6.45) is 6.33. The lowest BCUT2D eigenvalue weighted by atomic mass is 9.81. The molecule has 0 bridgehead atoms. The van der Waals surface area contributed by atoms with Gasteiger partial charge in [-0.25, -0.2) is 16.8 Å². The molecule has 21 heavy (non-hydrogen) atoms. The lowest BCUT2D eigenvalue weighted by molar-refractivity contribution is 0.136. The van der Waals surface area contributed by atoms with Crippen molar-refractivity contribution in [3.63, 3.8) is 0 Å². The second kappa shape index (κ2) is 7.39. The topological polar surface area (TPSA) is 97.5 Å². The van der Waals surface area contributed by atoms with Crippen molar-refractivity contribution < 1.29 is 16.8 Å². The highest BCUT2D eigenvalue weighted by Gasteiger charge is 2.42. The summed E-state index contributed by atoms with van der Waals surface area (Å²) < 4.78 is 49.3. The first-order valence-electron chi connectivity index (χ1n) is 7.55. The van der Waals surface area contributed by atoms with E-state index < -0.39 is 25.4 Å². The van der Waals surface area contributed by atoms with E-state index >= 15 is 0 Å². The normalized spacial score (nSPS) is 19.8. The molecule has 0 atom stereocenters. The maximum absolute atomic E-state index is 12.6. The maximum Gasteiger partial charge on any atom is 0.215 e. The van der Waals surface area contributed by atoms with E-state index in [4.69, 9.17) is 5.73 Å². The molecule has 0 aromatic carbocycles. The van der Waals surface area contributed by atoms with Crippen LogP contribution >= 0.6 is 0 Å². The van der Waals surface area contributed by atoms with E-state index in [1.165, 1.54) is 4.31 Å². The van der Waals surface area contributed by atoms with Gasteiger partial charge in [0.2, 0.25) is 10.0 Å². The molecule has 6 nitrogen and oxygen atoms in total. The molecule has 126 valence electrons. The molecule has 0 aromatic rings. The summed E-state index contributed by atoms with van der Waals surface area (Å²) in [6, 6.07) is 0. The van der Waals surface area contributed by atoms with Gasteiger partial charge in [-0.05, 0) is 19.3 Å². The maximum atomic E-state index is 12.6. The summed E-state index contributed by atoms with van der Waals surface area (Å²) in [7, 11) is -6.91. The quantitative estimate of drug-likeness (QED) is 0.702. The molecule has 0 amide bonds. The molecular weight excluding hydrogens is 312 g/mol. The third-order valence-corrected chi connectivity index (χ3v) is 7.33. The van der Waals surface area contributed by atoms with Gasteiger partial charge in [-0.1, -0.05) is 26.2 Å². The summed E-state index contributed by atoms with van der Waals surface area (Å²) in [6.45, 7) is 2.63. The lowest BCUT2D eigenvalue weighted by Crippen LogP contribution is -2.58. The molecule has 0 aromatic heterocycles. The number of nitrogens with two attached hydrogens (primary N) is 1. The molecule has 0 radical (unpaired) electrons. The van der Waals surface area contributed by atoms with Crippen LogP contribution in [0.2, 0.25) is 0 Å². The van der Waals surface area contributed by atoms with Gasteiger partial charge in [0.15, 0.2) is 0 Å². The minimum absolute atomic E-state index is 0.297. The van der Waals surface area contributed by atoms with Crippen LogP contribution in [0, 0.1) is 0 Å². The molecule has 1 rings (SSSR count). The Morgan fingerprint density at radius 3 is 2.05 bits per heavy atom. The number of sulfonamides is 1. The van der Waals surface area contributed by atoms with Crippen LogP contribution in [0.5, 0.6) is 0 Å². The van der Waals surface area contributed by atoms with Crippen LogP contribution < -0.4 is 5.73 Å². The highest BCUT2D eigenvalue weighted by atomic mass is 32.2. The fraction of sp³-hybridized carbons (Fsp3) is 1.00. The summed E-state index contributed by atoms with van der Waals surface area (Å²) in [4.78, 5) is 0. The van der Waals surface area contributed by atoms with E-state index in [1.54, 1.807) is 0 Å². The second-order valence-corrected chi connectivity index (χ2v) is 10.3. The van der Waals surface area contributed by atoms with Crippen molar-refractivity contribution in [1.29, 1.82) is 0 Å². The van der Waals surface area contributed by atoms with Crippen molar-refractivity contribution in [2.24, 2.45) is 5.73 Å². The largest absolute Gasteiger partial charge is 0.329 e. The van der Waals surface area contributed by atoms with E-state index in [2.05, 4.69) is 0 Å². The third-order valence-electron chi connectivity index (χ3n) is 4.17. The minimum Gasteiger partial charge on any atom is -0.329 e. The second-order valence-electron chi connectivity index (χ2n) is 6.01. The Hall–Kier alpha value is -0.180. The molecule has 0 aliphatic heterocycles. The first kappa shape index (κ1) is 18.9. The minimum atomic E-state index is -3.61. The average Bonchev–Trinajstić information content (AvgIpc) is 2.42. The Morgan fingerprint density at radius 1 is 1.05 bits per heavy atom. The van der Waals surface area contributed by atoms with Gasteiger partial charge in [-0.3, -0.25) is 0 Å². The van der Waals surface area contributed by atoms with E-state index in [-0.39, 0.29) is 11.5 Å². The van der Waals surface area contributed by atoms with Gasteiger partial charge in [-0.2, -0.15) is 4.31 Å². The van der Waals surface area contributed by atoms with Crippen molar-refractivity contribution in [1.82, 2.24) is 4.31 Å². The zero-order chi connectivity index (χ0) is 16.1. The van der Waals surface area contributed by atoms with Crippen molar-refractivity contribution in [2.45, 2.75) is 51.0 Å². The van der Waals surface area contributed by atoms with Gasteiger partial charge < -0.3 is 5.73 Å². The molecule has 1 aliphatic rings. The van der Waals surface area contributed by atoms with Crippen LogP contribution in [-0.4, -0.2) is 57.5 Å². The number of rotatable bonds is 8. The van der Waals surface area contributed by atoms with Crippen LogP contribution in [0.4, 0.5) is 0 Å². The number of nitrogens with zero attached hydrogens (tertiary/aromatic N) is 1. The van der Waals surface area contributed by atoms with E-state index in [1.807, 2.05) is 6.92 Å². The Morgan fingerprint density at radius 2 is 1.62 bits per heavy atom. The van der Waals surface area contributed by atoms with Crippen molar-refractivity contribution in [2.75, 3.05) is 30.9 Å². The standard InChI is InChI=1S/C13H28N2O4S2/c1-3-9-15(13(12-14)7-5-4-6-8-13)21(18,19)11-10-20(2,16)17/h3-12,14H2,1-2H3. The summed E-state index contributed by atoms with van der Waals surface area (Å²) in [5.41, 5.74) is 5.40.